The lowest BCUT2D eigenvalue weighted by Gasteiger charge is -2.20. The van der Waals surface area contributed by atoms with Gasteiger partial charge in [0.2, 0.25) is 0 Å². The standard InChI is InChI=1S/C10H20.C6H12/c1-2-3-7-10-8-5-4-6-9-10;1-2-4-6-5-3-1/h10H,2-9H2,1H3;1-6H2. The van der Waals surface area contributed by atoms with E-state index in [0.717, 1.165) is 5.92 Å². The van der Waals surface area contributed by atoms with E-state index in [1.54, 1.807) is 0 Å². The Hall–Kier alpha value is 0. The van der Waals surface area contributed by atoms with Crippen molar-refractivity contribution in [3.8, 4) is 0 Å². The van der Waals surface area contributed by atoms with Crippen molar-refractivity contribution in [2.45, 2.75) is 96.8 Å². The molecular formula is C16H32. The smallest absolute Gasteiger partial charge is 0.0414 e. The molecule has 2 aliphatic rings. The fourth-order valence-corrected chi connectivity index (χ4v) is 3.03. The first kappa shape index (κ1) is 14.1. The number of hydrogen-bond donors (Lipinski definition) is 0. The van der Waals surface area contributed by atoms with Gasteiger partial charge in [0, 0.05) is 0 Å². The third kappa shape index (κ3) is 7.30. The molecule has 0 amide bonds. The zero-order chi connectivity index (χ0) is 11.5. The molecule has 2 rings (SSSR count). The van der Waals surface area contributed by atoms with Crippen molar-refractivity contribution in [1.29, 1.82) is 0 Å². The van der Waals surface area contributed by atoms with E-state index < -0.39 is 0 Å². The molecule has 2 fully saturated rings. The Bertz CT molecular complexity index is 117. The fraction of sp³-hybridized carbons (Fsp3) is 1.00. The van der Waals surface area contributed by atoms with Crippen LogP contribution < -0.4 is 0 Å². The van der Waals surface area contributed by atoms with Crippen LogP contribution in [0.15, 0.2) is 0 Å². The van der Waals surface area contributed by atoms with Crippen LogP contribution in [-0.4, -0.2) is 0 Å². The van der Waals surface area contributed by atoms with Crippen LogP contribution >= 0.6 is 0 Å². The van der Waals surface area contributed by atoms with E-state index in [-0.39, 0.29) is 0 Å². The van der Waals surface area contributed by atoms with Crippen LogP contribution in [0.25, 0.3) is 0 Å². The summed E-state index contributed by atoms with van der Waals surface area (Å²) >= 11 is 0. The molecule has 16 heavy (non-hydrogen) atoms. The minimum absolute atomic E-state index is 1.11. The SMILES string of the molecule is C1CCCCC1.CCCCC1CCCCC1. The Balaban J connectivity index is 0.000000181. The summed E-state index contributed by atoms with van der Waals surface area (Å²) in [7, 11) is 0. The third-order valence-electron chi connectivity index (χ3n) is 4.19. The fourth-order valence-electron chi connectivity index (χ4n) is 3.03. The molecule has 0 spiro atoms. The average Bonchev–Trinajstić information content (AvgIpc) is 2.40. The number of hydrogen-bond acceptors (Lipinski definition) is 0. The topological polar surface area (TPSA) is 0 Å². The quantitative estimate of drug-likeness (QED) is 0.543. The molecule has 0 aromatic rings. The van der Waals surface area contributed by atoms with E-state index in [1.807, 2.05) is 0 Å². The van der Waals surface area contributed by atoms with Crippen molar-refractivity contribution in [2.75, 3.05) is 0 Å². The second-order valence-electron chi connectivity index (χ2n) is 5.77. The maximum atomic E-state index is 2.29. The molecule has 2 saturated carbocycles. The molecule has 0 radical (unpaired) electrons. The molecule has 96 valence electrons. The Morgan fingerprint density at radius 3 is 1.56 bits per heavy atom. The summed E-state index contributed by atoms with van der Waals surface area (Å²) < 4.78 is 0. The van der Waals surface area contributed by atoms with Crippen LogP contribution in [0, 0.1) is 5.92 Å². The van der Waals surface area contributed by atoms with Crippen LogP contribution in [0.5, 0.6) is 0 Å². The maximum Gasteiger partial charge on any atom is -0.0414 e. The maximum absolute atomic E-state index is 2.29. The molecule has 0 aliphatic heterocycles. The summed E-state index contributed by atoms with van der Waals surface area (Å²) in [5.41, 5.74) is 0. The van der Waals surface area contributed by atoms with Crippen molar-refractivity contribution in [1.82, 2.24) is 0 Å². The van der Waals surface area contributed by atoms with Gasteiger partial charge in [0.05, 0.1) is 0 Å². The first-order chi connectivity index (χ1) is 7.93. The third-order valence-corrected chi connectivity index (χ3v) is 4.19. The zero-order valence-electron chi connectivity index (χ0n) is 11.5. The summed E-state index contributed by atoms with van der Waals surface area (Å²) in [4.78, 5) is 0. The van der Waals surface area contributed by atoms with Crippen LogP contribution in [-0.2, 0) is 0 Å². The molecule has 0 aromatic carbocycles. The predicted molar refractivity (Wildman–Crippen MR) is 73.8 cm³/mol. The summed E-state index contributed by atoms with van der Waals surface area (Å²) in [5, 5.41) is 0. The van der Waals surface area contributed by atoms with Gasteiger partial charge < -0.3 is 0 Å². The summed E-state index contributed by atoms with van der Waals surface area (Å²) in [5.74, 6) is 1.11. The average molecular weight is 224 g/mol. The Morgan fingerprint density at radius 1 is 0.688 bits per heavy atom. The van der Waals surface area contributed by atoms with Gasteiger partial charge in [0.25, 0.3) is 0 Å². The summed E-state index contributed by atoms with van der Waals surface area (Å²) in [6.07, 6.45) is 20.9. The Labute approximate surface area is 103 Å². The van der Waals surface area contributed by atoms with Crippen LogP contribution in [0.4, 0.5) is 0 Å². The van der Waals surface area contributed by atoms with E-state index in [0.29, 0.717) is 0 Å². The second-order valence-corrected chi connectivity index (χ2v) is 5.77. The minimum Gasteiger partial charge on any atom is -0.0654 e. The first-order valence-electron chi connectivity index (χ1n) is 7.93. The molecule has 2 aliphatic carbocycles. The van der Waals surface area contributed by atoms with Gasteiger partial charge in [0.1, 0.15) is 0 Å². The summed E-state index contributed by atoms with van der Waals surface area (Å²) in [6, 6.07) is 0. The van der Waals surface area contributed by atoms with Gasteiger partial charge in [-0.25, -0.2) is 0 Å². The van der Waals surface area contributed by atoms with Gasteiger partial charge in [-0.1, -0.05) is 96.8 Å². The van der Waals surface area contributed by atoms with Crippen molar-refractivity contribution in [3.05, 3.63) is 0 Å². The van der Waals surface area contributed by atoms with Crippen molar-refractivity contribution < 1.29 is 0 Å². The molecule has 0 atom stereocenters. The second kappa shape index (κ2) is 10.2. The van der Waals surface area contributed by atoms with Gasteiger partial charge in [-0.15, -0.1) is 0 Å². The van der Waals surface area contributed by atoms with Crippen LogP contribution in [0.2, 0.25) is 0 Å². The van der Waals surface area contributed by atoms with Gasteiger partial charge in [-0.2, -0.15) is 0 Å². The van der Waals surface area contributed by atoms with Crippen molar-refractivity contribution >= 4 is 0 Å². The molecule has 0 heterocycles. The highest BCUT2D eigenvalue weighted by atomic mass is 14.2. The summed E-state index contributed by atoms with van der Waals surface area (Å²) in [6.45, 7) is 2.29. The lowest BCUT2D eigenvalue weighted by molar-refractivity contribution is 0.331. The number of unbranched alkanes of at least 4 members (excludes halogenated alkanes) is 1. The van der Waals surface area contributed by atoms with Gasteiger partial charge >= 0.3 is 0 Å². The molecule has 0 heteroatoms. The van der Waals surface area contributed by atoms with E-state index in [4.69, 9.17) is 0 Å². The van der Waals surface area contributed by atoms with E-state index in [9.17, 15) is 0 Å². The molecule has 0 nitrogen and oxygen atoms in total. The normalized spacial score (nSPS) is 22.3. The molecule has 0 aromatic heterocycles. The lowest BCUT2D eigenvalue weighted by Crippen LogP contribution is -2.05. The highest BCUT2D eigenvalue weighted by Gasteiger charge is 2.11. The van der Waals surface area contributed by atoms with Crippen LogP contribution in [0.1, 0.15) is 96.8 Å². The van der Waals surface area contributed by atoms with Crippen molar-refractivity contribution in [3.63, 3.8) is 0 Å². The molecule has 0 saturated heterocycles. The first-order valence-corrected chi connectivity index (χ1v) is 7.93. The molecule has 0 unspecified atom stereocenters. The van der Waals surface area contributed by atoms with Crippen molar-refractivity contribution in [2.24, 2.45) is 5.92 Å². The van der Waals surface area contributed by atoms with Gasteiger partial charge in [0.15, 0.2) is 0 Å². The largest absolute Gasteiger partial charge is 0.0654 e. The molecule has 0 bridgehead atoms. The Kier molecular flexibility index (Phi) is 8.94. The van der Waals surface area contributed by atoms with E-state index in [2.05, 4.69) is 6.92 Å². The molecule has 0 N–H and O–H groups in total. The number of rotatable bonds is 3. The predicted octanol–water partition coefficient (Wildman–Crippen LogP) is 6.10. The van der Waals surface area contributed by atoms with Gasteiger partial charge in [-0.05, 0) is 5.92 Å². The van der Waals surface area contributed by atoms with E-state index >= 15 is 0 Å². The molecular weight excluding hydrogens is 192 g/mol. The van der Waals surface area contributed by atoms with Gasteiger partial charge in [-0.3, -0.25) is 0 Å². The monoisotopic (exact) mass is 224 g/mol. The lowest BCUT2D eigenvalue weighted by atomic mass is 9.86. The Morgan fingerprint density at radius 2 is 1.12 bits per heavy atom. The van der Waals surface area contributed by atoms with E-state index in [1.165, 1.54) is 89.9 Å². The zero-order valence-corrected chi connectivity index (χ0v) is 11.5. The highest BCUT2D eigenvalue weighted by Crippen LogP contribution is 2.27. The highest BCUT2D eigenvalue weighted by molar-refractivity contribution is 4.65. The minimum atomic E-state index is 1.11. The van der Waals surface area contributed by atoms with Crippen LogP contribution in [0.3, 0.4) is 0 Å².